The maximum Gasteiger partial charge on any atom is 0.410 e. The summed E-state index contributed by atoms with van der Waals surface area (Å²) in [6.07, 6.45) is 0.142. The van der Waals surface area contributed by atoms with Crippen LogP contribution in [-0.4, -0.2) is 39.7 Å². The molecule has 3 aromatic rings. The number of aromatic nitrogens is 1. The molecule has 0 unspecified atom stereocenters. The number of aromatic carboxylic acids is 1. The Morgan fingerprint density at radius 3 is 2.58 bits per heavy atom. The predicted octanol–water partition coefficient (Wildman–Crippen LogP) is 3.93. The Labute approximate surface area is 191 Å². The van der Waals surface area contributed by atoms with Crippen molar-refractivity contribution in [2.75, 3.05) is 6.54 Å². The Hall–Kier alpha value is -4.07. The molecule has 2 heterocycles. The van der Waals surface area contributed by atoms with Gasteiger partial charge in [0.05, 0.1) is 17.0 Å². The SMILES string of the molecule is Cc1c(OC=O)cc(-c2cc3c(cc2C(=O)O)CN(C(=O)OCc2ccccc2)CC3)n1C. The largest absolute Gasteiger partial charge is 0.478 e. The van der Waals surface area contributed by atoms with Crippen molar-refractivity contribution in [1.29, 1.82) is 0 Å². The fourth-order valence-corrected chi connectivity index (χ4v) is 4.07. The lowest BCUT2D eigenvalue weighted by molar-refractivity contribution is -0.120. The van der Waals surface area contributed by atoms with Crippen LogP contribution in [0.25, 0.3) is 11.3 Å². The average molecular weight is 448 g/mol. The van der Waals surface area contributed by atoms with E-state index in [9.17, 15) is 19.5 Å². The highest BCUT2D eigenvalue weighted by molar-refractivity contribution is 5.96. The molecule has 0 atom stereocenters. The van der Waals surface area contributed by atoms with Crippen LogP contribution in [0.2, 0.25) is 0 Å². The van der Waals surface area contributed by atoms with Crippen LogP contribution < -0.4 is 4.74 Å². The van der Waals surface area contributed by atoms with E-state index in [0.717, 1.165) is 16.7 Å². The van der Waals surface area contributed by atoms with Crippen molar-refractivity contribution in [3.05, 3.63) is 76.5 Å². The molecule has 1 N–H and O–H groups in total. The normalized spacial score (nSPS) is 12.7. The molecule has 4 rings (SSSR count). The fourth-order valence-electron chi connectivity index (χ4n) is 4.07. The van der Waals surface area contributed by atoms with E-state index >= 15 is 0 Å². The molecule has 1 aliphatic heterocycles. The average Bonchev–Trinajstić information content (AvgIpc) is 3.10. The highest BCUT2D eigenvalue weighted by Crippen LogP contribution is 2.35. The van der Waals surface area contributed by atoms with Crippen molar-refractivity contribution in [1.82, 2.24) is 9.47 Å². The first-order valence-electron chi connectivity index (χ1n) is 10.5. The number of ether oxygens (including phenoxy) is 2. The van der Waals surface area contributed by atoms with Crippen LogP contribution in [-0.2, 0) is 36.2 Å². The van der Waals surface area contributed by atoms with Gasteiger partial charge in [0.2, 0.25) is 0 Å². The van der Waals surface area contributed by atoms with Gasteiger partial charge >= 0.3 is 12.1 Å². The molecule has 1 amide bonds. The molecular weight excluding hydrogens is 424 g/mol. The van der Waals surface area contributed by atoms with Crippen LogP contribution >= 0.6 is 0 Å². The monoisotopic (exact) mass is 448 g/mol. The zero-order chi connectivity index (χ0) is 23.5. The molecule has 0 fully saturated rings. The second-order valence-corrected chi connectivity index (χ2v) is 7.94. The summed E-state index contributed by atoms with van der Waals surface area (Å²) < 4.78 is 12.2. The second kappa shape index (κ2) is 9.20. The van der Waals surface area contributed by atoms with Crippen molar-refractivity contribution in [3.63, 3.8) is 0 Å². The summed E-state index contributed by atoms with van der Waals surface area (Å²) in [7, 11) is 1.79. The van der Waals surface area contributed by atoms with E-state index in [1.54, 1.807) is 35.6 Å². The van der Waals surface area contributed by atoms with Gasteiger partial charge in [-0.05, 0) is 42.2 Å². The Kier molecular flexibility index (Phi) is 6.17. The molecule has 2 aromatic carbocycles. The number of benzene rings is 2. The Bertz CT molecular complexity index is 1220. The number of amides is 1. The summed E-state index contributed by atoms with van der Waals surface area (Å²) in [5.74, 6) is -0.697. The van der Waals surface area contributed by atoms with Gasteiger partial charge in [-0.2, -0.15) is 0 Å². The summed E-state index contributed by atoms with van der Waals surface area (Å²) in [5.41, 5.74) is 4.64. The first-order valence-corrected chi connectivity index (χ1v) is 10.5. The molecule has 1 aliphatic rings. The third kappa shape index (κ3) is 4.45. The van der Waals surface area contributed by atoms with Crippen molar-refractivity contribution < 1.29 is 29.0 Å². The number of carbonyl (C=O) groups excluding carboxylic acids is 2. The minimum absolute atomic E-state index is 0.117. The van der Waals surface area contributed by atoms with E-state index in [4.69, 9.17) is 9.47 Å². The van der Waals surface area contributed by atoms with E-state index < -0.39 is 12.1 Å². The van der Waals surface area contributed by atoms with Crippen molar-refractivity contribution in [3.8, 4) is 17.0 Å². The van der Waals surface area contributed by atoms with Crippen LogP contribution in [0.3, 0.4) is 0 Å². The lowest BCUT2D eigenvalue weighted by atomic mass is 9.92. The van der Waals surface area contributed by atoms with Gasteiger partial charge in [-0.15, -0.1) is 0 Å². The molecule has 0 radical (unpaired) electrons. The maximum atomic E-state index is 12.6. The molecule has 0 aliphatic carbocycles. The summed E-state index contributed by atoms with van der Waals surface area (Å²) in [5, 5.41) is 9.88. The molecule has 0 saturated heterocycles. The Morgan fingerprint density at radius 1 is 1.12 bits per heavy atom. The predicted molar refractivity (Wildman–Crippen MR) is 120 cm³/mol. The topological polar surface area (TPSA) is 98.1 Å². The van der Waals surface area contributed by atoms with Gasteiger partial charge in [0.15, 0.2) is 5.75 Å². The lowest BCUT2D eigenvalue weighted by Gasteiger charge is -2.29. The minimum atomic E-state index is -1.08. The summed E-state index contributed by atoms with van der Waals surface area (Å²) in [6.45, 7) is 3.07. The van der Waals surface area contributed by atoms with Crippen molar-refractivity contribution in [2.24, 2.45) is 7.05 Å². The Balaban J connectivity index is 1.59. The molecular formula is C25H24N2O6. The minimum Gasteiger partial charge on any atom is -0.478 e. The molecule has 8 heteroatoms. The first-order chi connectivity index (χ1) is 15.9. The van der Waals surface area contributed by atoms with Crippen LogP contribution in [0.4, 0.5) is 4.79 Å². The molecule has 0 bridgehead atoms. The van der Waals surface area contributed by atoms with Crippen LogP contribution in [0.5, 0.6) is 5.75 Å². The van der Waals surface area contributed by atoms with Gasteiger partial charge in [-0.25, -0.2) is 9.59 Å². The number of hydrogen-bond donors (Lipinski definition) is 1. The number of carboxylic acid groups (broad SMARTS) is 1. The molecule has 1 aromatic heterocycles. The van der Waals surface area contributed by atoms with E-state index in [1.165, 1.54) is 0 Å². The number of rotatable bonds is 6. The van der Waals surface area contributed by atoms with Gasteiger partial charge in [0.25, 0.3) is 6.47 Å². The molecule has 0 spiro atoms. The van der Waals surface area contributed by atoms with Crippen molar-refractivity contribution >= 4 is 18.5 Å². The summed E-state index contributed by atoms with van der Waals surface area (Å²) in [4.78, 5) is 37.0. The number of carbonyl (C=O) groups is 3. The zero-order valence-corrected chi connectivity index (χ0v) is 18.4. The molecule has 33 heavy (non-hydrogen) atoms. The van der Waals surface area contributed by atoms with Gasteiger partial charge in [-0.1, -0.05) is 30.3 Å². The Morgan fingerprint density at radius 2 is 1.88 bits per heavy atom. The van der Waals surface area contributed by atoms with E-state index in [1.807, 2.05) is 36.4 Å². The third-order valence-electron chi connectivity index (χ3n) is 5.99. The van der Waals surface area contributed by atoms with Gasteiger partial charge in [0.1, 0.15) is 6.61 Å². The van der Waals surface area contributed by atoms with Gasteiger partial charge in [0, 0.05) is 31.8 Å². The summed E-state index contributed by atoms with van der Waals surface area (Å²) in [6, 6.07) is 14.6. The highest BCUT2D eigenvalue weighted by atomic mass is 16.6. The smallest absolute Gasteiger partial charge is 0.410 e. The van der Waals surface area contributed by atoms with Gasteiger partial charge < -0.3 is 24.0 Å². The van der Waals surface area contributed by atoms with Crippen molar-refractivity contribution in [2.45, 2.75) is 26.5 Å². The van der Waals surface area contributed by atoms with Crippen LogP contribution in [0.15, 0.2) is 48.5 Å². The quantitative estimate of drug-likeness (QED) is 0.574. The third-order valence-corrected chi connectivity index (χ3v) is 5.99. The van der Waals surface area contributed by atoms with E-state index in [2.05, 4.69) is 0 Å². The maximum absolute atomic E-state index is 12.6. The zero-order valence-electron chi connectivity index (χ0n) is 18.4. The van der Waals surface area contributed by atoms with Crippen LogP contribution in [0.1, 0.15) is 32.7 Å². The molecule has 170 valence electrons. The number of hydrogen-bond acceptors (Lipinski definition) is 5. The lowest BCUT2D eigenvalue weighted by Crippen LogP contribution is -2.36. The second-order valence-electron chi connectivity index (χ2n) is 7.94. The molecule has 0 saturated carbocycles. The van der Waals surface area contributed by atoms with E-state index in [0.29, 0.717) is 42.1 Å². The number of nitrogens with zero attached hydrogens (tertiary/aromatic N) is 2. The van der Waals surface area contributed by atoms with Crippen LogP contribution in [0, 0.1) is 6.92 Å². The van der Waals surface area contributed by atoms with E-state index in [-0.39, 0.29) is 18.7 Å². The molecule has 8 nitrogen and oxygen atoms in total. The fraction of sp³-hybridized carbons (Fsp3) is 0.240. The summed E-state index contributed by atoms with van der Waals surface area (Å²) >= 11 is 0. The number of carboxylic acids is 1. The highest BCUT2D eigenvalue weighted by Gasteiger charge is 2.26. The standard InChI is InChI=1S/C25H24N2O6/c1-16-23(33-15-28)12-22(26(16)2)20-10-18-8-9-27(13-19(18)11-21(20)24(29)30)25(31)32-14-17-6-4-3-5-7-17/h3-7,10-12,15H,8-9,13-14H2,1-2H3,(H,29,30). The van der Waals surface area contributed by atoms with Gasteiger partial charge in [-0.3, -0.25) is 4.79 Å². The first kappa shape index (κ1) is 22.1. The number of fused-ring (bicyclic) bond motifs is 1.